The molecule has 0 aliphatic heterocycles. The first kappa shape index (κ1) is 29.0. The molecule has 40 heavy (non-hydrogen) atoms. The Morgan fingerprint density at radius 2 is 1.93 bits per heavy atom. The number of nitrogens with one attached hydrogen (secondary N) is 2. The number of hydrazone groups is 1. The van der Waals surface area contributed by atoms with Gasteiger partial charge in [-0.2, -0.15) is 5.10 Å². The molecule has 10 nitrogen and oxygen atoms in total. The second-order valence-electron chi connectivity index (χ2n) is 8.42. The van der Waals surface area contributed by atoms with Gasteiger partial charge in [0.1, 0.15) is 5.75 Å². The van der Waals surface area contributed by atoms with Gasteiger partial charge < -0.3 is 19.9 Å². The predicted molar refractivity (Wildman–Crippen MR) is 160 cm³/mol. The maximum absolute atomic E-state index is 12.8. The molecule has 0 aliphatic rings. The Hall–Kier alpha value is -4.03. The number of hydrogen-bond acceptors (Lipinski definition) is 9. The largest absolute Gasteiger partial charge is 0.504 e. The fourth-order valence-electron chi connectivity index (χ4n) is 3.66. The van der Waals surface area contributed by atoms with Crippen LogP contribution in [0.1, 0.15) is 25.2 Å². The zero-order chi connectivity index (χ0) is 28.5. The van der Waals surface area contributed by atoms with Crippen LogP contribution >= 0.6 is 27.7 Å². The molecular formula is C28H29BrN6O4S. The van der Waals surface area contributed by atoms with Crippen molar-refractivity contribution in [3.8, 4) is 22.9 Å². The van der Waals surface area contributed by atoms with Crippen molar-refractivity contribution < 1.29 is 19.4 Å². The molecule has 0 saturated heterocycles. The van der Waals surface area contributed by atoms with E-state index in [1.807, 2.05) is 66.1 Å². The lowest BCUT2D eigenvalue weighted by Gasteiger charge is -2.13. The summed E-state index contributed by atoms with van der Waals surface area (Å²) in [5, 5.41) is 26.5. The molecule has 0 saturated carbocycles. The Bertz CT molecular complexity index is 1460. The van der Waals surface area contributed by atoms with Crippen LogP contribution < -0.4 is 20.2 Å². The van der Waals surface area contributed by atoms with Crippen molar-refractivity contribution in [3.63, 3.8) is 0 Å². The Labute approximate surface area is 244 Å². The Morgan fingerprint density at radius 3 is 2.62 bits per heavy atom. The number of thioether (sulfide) groups is 1. The lowest BCUT2D eigenvalue weighted by Crippen LogP contribution is -2.27. The number of ether oxygens (including phenoxy) is 2. The van der Waals surface area contributed by atoms with Crippen LogP contribution in [-0.4, -0.2) is 51.0 Å². The quantitative estimate of drug-likeness (QED) is 0.109. The van der Waals surface area contributed by atoms with Crippen LogP contribution in [0.25, 0.3) is 5.69 Å². The number of carbonyl (C=O) groups excluding carboxylic acids is 1. The highest BCUT2D eigenvalue weighted by Crippen LogP contribution is 2.32. The number of carbonyl (C=O) groups is 1. The van der Waals surface area contributed by atoms with Crippen LogP contribution in [0.2, 0.25) is 0 Å². The van der Waals surface area contributed by atoms with Crippen molar-refractivity contribution in [1.82, 2.24) is 20.2 Å². The van der Waals surface area contributed by atoms with E-state index in [9.17, 15) is 9.90 Å². The molecule has 0 spiro atoms. The summed E-state index contributed by atoms with van der Waals surface area (Å²) in [6.07, 6.45) is 1.36. The number of aromatic nitrogens is 3. The molecule has 4 rings (SSSR count). The summed E-state index contributed by atoms with van der Waals surface area (Å²) in [5.41, 5.74) is 4.71. The summed E-state index contributed by atoms with van der Waals surface area (Å²) in [6.45, 7) is 4.74. The number of nitrogens with zero attached hydrogens (tertiary/aromatic N) is 4. The summed E-state index contributed by atoms with van der Waals surface area (Å²) in [7, 11) is 1.46. The zero-order valence-electron chi connectivity index (χ0n) is 22.2. The number of para-hydroxylation sites is 1. The van der Waals surface area contributed by atoms with E-state index < -0.39 is 5.25 Å². The first-order valence-electron chi connectivity index (χ1n) is 12.4. The fourth-order valence-corrected chi connectivity index (χ4v) is 5.00. The monoisotopic (exact) mass is 624 g/mol. The third-order valence-electron chi connectivity index (χ3n) is 5.65. The summed E-state index contributed by atoms with van der Waals surface area (Å²) in [4.78, 5) is 12.8. The molecule has 1 heterocycles. The molecule has 0 aliphatic carbocycles. The van der Waals surface area contributed by atoms with Crippen LogP contribution in [0.5, 0.6) is 17.2 Å². The standard InChI is InChI=1S/C28H29BrN6O4S/c1-4-39-23-12-10-21(11-13-23)30-17-25-32-34-28(35(25)22-8-6-5-7-9-22)40-18(2)27(37)33-31-16-19-14-20(29)15-24(38-3)26(19)36/h5-16,18,30,36H,4,17H2,1-3H3,(H,33,37). The van der Waals surface area contributed by atoms with Crippen LogP contribution in [0.15, 0.2) is 81.5 Å². The van der Waals surface area contributed by atoms with Gasteiger partial charge in [-0.15, -0.1) is 10.2 Å². The van der Waals surface area contributed by atoms with Crippen molar-refractivity contribution >= 4 is 45.5 Å². The molecule has 0 fully saturated rings. The number of amides is 1. The second-order valence-corrected chi connectivity index (χ2v) is 10.6. The van der Waals surface area contributed by atoms with E-state index in [-0.39, 0.29) is 11.7 Å². The highest BCUT2D eigenvalue weighted by Gasteiger charge is 2.21. The van der Waals surface area contributed by atoms with Crippen molar-refractivity contribution in [2.24, 2.45) is 5.10 Å². The van der Waals surface area contributed by atoms with E-state index in [1.165, 1.54) is 25.1 Å². The van der Waals surface area contributed by atoms with E-state index in [2.05, 4.69) is 42.0 Å². The first-order valence-corrected chi connectivity index (χ1v) is 14.1. The van der Waals surface area contributed by atoms with Gasteiger partial charge in [-0.05, 0) is 62.4 Å². The van der Waals surface area contributed by atoms with Crippen LogP contribution in [0, 0.1) is 0 Å². The number of phenols is 1. The number of halogens is 1. The molecular weight excluding hydrogens is 596 g/mol. The van der Waals surface area contributed by atoms with Crippen molar-refractivity contribution in [3.05, 3.63) is 82.6 Å². The van der Waals surface area contributed by atoms with E-state index >= 15 is 0 Å². The van der Waals surface area contributed by atoms with Gasteiger partial charge >= 0.3 is 0 Å². The van der Waals surface area contributed by atoms with E-state index in [1.54, 1.807) is 19.1 Å². The van der Waals surface area contributed by atoms with E-state index in [0.717, 1.165) is 17.1 Å². The van der Waals surface area contributed by atoms with Gasteiger partial charge in [0.25, 0.3) is 5.91 Å². The molecule has 3 aromatic carbocycles. The first-order chi connectivity index (χ1) is 19.4. The minimum atomic E-state index is -0.540. The van der Waals surface area contributed by atoms with Gasteiger partial charge in [0.2, 0.25) is 0 Å². The average molecular weight is 626 g/mol. The molecule has 208 valence electrons. The lowest BCUT2D eigenvalue weighted by atomic mass is 10.2. The number of aromatic hydroxyl groups is 1. The second kappa shape index (κ2) is 13.9. The number of rotatable bonds is 12. The smallest absolute Gasteiger partial charge is 0.253 e. The zero-order valence-corrected chi connectivity index (χ0v) is 24.6. The van der Waals surface area contributed by atoms with Gasteiger partial charge in [-0.3, -0.25) is 9.36 Å². The number of methoxy groups -OCH3 is 1. The number of phenolic OH excluding ortho intramolecular Hbond substituents is 1. The van der Waals surface area contributed by atoms with Crippen LogP contribution in [0.3, 0.4) is 0 Å². The molecule has 12 heteroatoms. The number of hydrogen-bond donors (Lipinski definition) is 3. The van der Waals surface area contributed by atoms with Gasteiger partial charge in [-0.25, -0.2) is 5.43 Å². The maximum atomic E-state index is 12.8. The van der Waals surface area contributed by atoms with Gasteiger partial charge in [0.15, 0.2) is 22.5 Å². The normalized spacial score (nSPS) is 11.8. The van der Waals surface area contributed by atoms with Crippen LogP contribution in [-0.2, 0) is 11.3 Å². The summed E-state index contributed by atoms with van der Waals surface area (Å²) < 4.78 is 13.3. The molecule has 4 aromatic rings. The molecule has 1 amide bonds. The van der Waals surface area contributed by atoms with Gasteiger partial charge in [-0.1, -0.05) is 45.9 Å². The average Bonchev–Trinajstić information content (AvgIpc) is 3.36. The van der Waals surface area contributed by atoms with E-state index in [4.69, 9.17) is 9.47 Å². The van der Waals surface area contributed by atoms with E-state index in [0.29, 0.717) is 39.9 Å². The molecule has 1 aromatic heterocycles. The highest BCUT2D eigenvalue weighted by molar-refractivity contribution is 9.10. The lowest BCUT2D eigenvalue weighted by molar-refractivity contribution is -0.120. The van der Waals surface area contributed by atoms with Gasteiger partial charge in [0, 0.05) is 21.4 Å². The molecule has 0 bridgehead atoms. The van der Waals surface area contributed by atoms with Crippen LogP contribution in [0.4, 0.5) is 5.69 Å². The molecule has 1 atom stereocenters. The number of anilines is 1. The predicted octanol–water partition coefficient (Wildman–Crippen LogP) is 5.39. The third kappa shape index (κ3) is 7.33. The highest BCUT2D eigenvalue weighted by atomic mass is 79.9. The molecule has 1 unspecified atom stereocenters. The summed E-state index contributed by atoms with van der Waals surface area (Å²) >= 11 is 4.62. The molecule has 0 radical (unpaired) electrons. The van der Waals surface area contributed by atoms with Crippen molar-refractivity contribution in [2.45, 2.75) is 30.8 Å². The Kier molecular flexibility index (Phi) is 10.0. The van der Waals surface area contributed by atoms with Crippen molar-refractivity contribution in [1.29, 1.82) is 0 Å². The molecule has 3 N–H and O–H groups in total. The number of benzene rings is 3. The SMILES string of the molecule is CCOc1ccc(NCc2nnc(SC(C)C(=O)NN=Cc3cc(Br)cc(OC)c3O)n2-c2ccccc2)cc1. The fraction of sp³-hybridized carbons (Fsp3) is 0.214. The Balaban J connectivity index is 1.46. The maximum Gasteiger partial charge on any atom is 0.253 e. The third-order valence-corrected chi connectivity index (χ3v) is 7.15. The summed E-state index contributed by atoms with van der Waals surface area (Å²) in [5.74, 6) is 1.38. The van der Waals surface area contributed by atoms with Crippen molar-refractivity contribution in [2.75, 3.05) is 19.0 Å². The summed E-state index contributed by atoms with van der Waals surface area (Å²) in [6, 6.07) is 20.7. The topological polar surface area (TPSA) is 123 Å². The Morgan fingerprint density at radius 1 is 1.18 bits per heavy atom. The minimum absolute atomic E-state index is 0.0755. The minimum Gasteiger partial charge on any atom is -0.504 e. The van der Waals surface area contributed by atoms with Gasteiger partial charge in [0.05, 0.1) is 31.7 Å².